The van der Waals surface area contributed by atoms with Crippen molar-refractivity contribution in [3.8, 4) is 0 Å². The Balaban J connectivity index is 5.56. The summed E-state index contributed by atoms with van der Waals surface area (Å²) in [6.07, 6.45) is 0. The van der Waals surface area contributed by atoms with Crippen LogP contribution in [0.4, 0.5) is 0 Å². The molecular weight excluding hydrogens is 6230 g/mol. The van der Waals surface area contributed by atoms with Crippen molar-refractivity contribution in [2.24, 2.45) is 0 Å². The van der Waals surface area contributed by atoms with Crippen LogP contribution in [-0.2, 0) is 0 Å². The molecule has 0 aromatic heterocycles. The van der Waals surface area contributed by atoms with Crippen molar-refractivity contribution in [3.63, 3.8) is 0 Å². The fourth-order valence-corrected chi connectivity index (χ4v) is 9060. The van der Waals surface area contributed by atoms with Crippen molar-refractivity contribution >= 4 is 664 Å². The van der Waals surface area contributed by atoms with Gasteiger partial charge in [-0.05, 0) is 0 Å². The van der Waals surface area contributed by atoms with Crippen LogP contribution in [0.15, 0.2) is 0 Å². The molecule has 50 heavy (non-hydrogen) atoms. The SMILES string of the molecule is [B]I(I)I(I)I(I)I(I)I(I)I(I)I(I)I(I)I(I)I(I)I(I)I(I)I(I)I(I)I(I)I(I)I(I)I(I)I(I)I(I)I(I)I(I)I(I)I(I)I. The van der Waals surface area contributed by atoms with E-state index in [9.17, 15) is 0 Å². The summed E-state index contributed by atoms with van der Waals surface area (Å²) in [5.41, 5.74) is 6.67. The van der Waals surface area contributed by atoms with Gasteiger partial charge in [0.05, 0.1) is 0 Å². The molecule has 0 heterocycles. The molecule has 0 aliphatic rings. The first kappa shape index (κ1) is 85.8. The van der Waals surface area contributed by atoms with Gasteiger partial charge in [0.2, 0.25) is 0 Å². The van der Waals surface area contributed by atoms with E-state index in [-0.39, 0.29) is 0 Å². The zero-order valence-electron chi connectivity index (χ0n) is 19.1. The predicted octanol–water partition coefficient (Wildman–Crippen LogP) is 43.0. The average molecular weight is 6230 g/mol. The maximum atomic E-state index is 6.67. The minimum atomic E-state index is -0.975. The minimum absolute atomic E-state index is 0.467. The average Bonchev–Trinajstić information content (AvgIpc) is 3.10. The Morgan fingerprint density at radius 3 is 0.360 bits per heavy atom. The first-order valence-electron chi connectivity index (χ1n) is 7.08. The summed E-state index contributed by atoms with van der Waals surface area (Å²) in [6.45, 7) is 0. The summed E-state index contributed by atoms with van der Waals surface area (Å²) >= 11 is 80.3. The first-order valence-corrected chi connectivity index (χ1v) is 310. The molecule has 0 aromatic carbocycles. The molecule has 0 nitrogen and oxygen atoms in total. The molecule has 0 saturated carbocycles. The van der Waals surface area contributed by atoms with E-state index in [1.54, 1.807) is 0 Å². The van der Waals surface area contributed by atoms with Gasteiger partial charge in [0.15, 0.2) is 0 Å². The predicted molar refractivity (Wildman–Crippen MR) is 693 cm³/mol. The van der Waals surface area contributed by atoms with Crippen molar-refractivity contribution < 1.29 is 0 Å². The molecule has 0 bridgehead atoms. The summed E-state index contributed by atoms with van der Waals surface area (Å²) in [5, 5.41) is 0. The van der Waals surface area contributed by atoms with Crippen molar-refractivity contribution in [1.82, 2.24) is 0 Å². The van der Waals surface area contributed by atoms with Crippen LogP contribution < -0.4 is 0 Å². The third kappa shape index (κ3) is 35.2. The van der Waals surface area contributed by atoms with Crippen LogP contribution in [0, 0.1) is 0 Å². The summed E-state index contributed by atoms with van der Waals surface area (Å²) < 4.78 is 0. The molecule has 0 aromatic rings. The van der Waals surface area contributed by atoms with Gasteiger partial charge in [0.1, 0.15) is 0 Å². The Labute approximate surface area is 625 Å². The molecule has 0 spiro atoms. The summed E-state index contributed by atoms with van der Waals surface area (Å²) in [5.74, 6) is 0. The molecule has 346 valence electrons. The Bertz CT molecular complexity index is 820. The number of hydrogen-bond donors (Lipinski definition) is 0. The van der Waals surface area contributed by atoms with Crippen LogP contribution in [0.1, 0.15) is 0 Å². The van der Waals surface area contributed by atoms with Crippen molar-refractivity contribution in [3.05, 3.63) is 0 Å². The van der Waals surface area contributed by atoms with Crippen LogP contribution in [0.2, 0.25) is 0 Å². The van der Waals surface area contributed by atoms with Gasteiger partial charge in [-0.3, -0.25) is 0 Å². The number of halogens is 49. The van der Waals surface area contributed by atoms with Crippen LogP contribution in [0.5, 0.6) is 0 Å². The second-order valence-corrected chi connectivity index (χ2v) is 1150. The number of hydrogen-bond acceptors (Lipinski definition) is 0. The van der Waals surface area contributed by atoms with Gasteiger partial charge in [0, 0.05) is 0 Å². The monoisotopic (exact) mass is 6230 g/mol. The third-order valence-electron chi connectivity index (χ3n) is 1.90. The van der Waals surface area contributed by atoms with E-state index in [2.05, 4.69) is 465 Å². The standard InChI is InChI=1S/BI49/c1-27(2)29(5)31(7)33(9)35(11)37(13)39(15)41(17)43(19)45(21)47(23)49(25)50(26)48(24)46(22)44(20)42(18)40(16)38(14)36(12)34(10)32(8)30(6)28(3)4. The van der Waals surface area contributed by atoms with Gasteiger partial charge in [-0.1, -0.05) is 0 Å². The normalized spacial score (nSPS) is 18.8. The van der Waals surface area contributed by atoms with E-state index in [0.29, 0.717) is 0 Å². The Morgan fingerprint density at radius 2 is 0.260 bits per heavy atom. The van der Waals surface area contributed by atoms with Crippen LogP contribution in [-0.4, -0.2) is 5.70 Å². The second-order valence-electron chi connectivity index (χ2n) is 3.94. The first-order chi connectivity index (χ1) is 22.7. The molecule has 50 heteroatoms. The second kappa shape index (κ2) is 51.3. The summed E-state index contributed by atoms with van der Waals surface area (Å²) in [7, 11) is -13.0. The van der Waals surface area contributed by atoms with E-state index in [1.165, 1.54) is 0 Å². The van der Waals surface area contributed by atoms with E-state index >= 15 is 0 Å². The zero-order chi connectivity index (χ0) is 39.9. The van der Waals surface area contributed by atoms with Gasteiger partial charge < -0.3 is 0 Å². The van der Waals surface area contributed by atoms with E-state index in [4.69, 9.17) is 5.70 Å². The molecule has 0 fully saturated rings. The molecule has 0 saturated heterocycles. The van der Waals surface area contributed by atoms with Gasteiger partial charge >= 0.3 is 664 Å². The molecule has 0 N–H and O–H groups in total. The molecule has 0 amide bonds. The van der Waals surface area contributed by atoms with Crippen LogP contribution >= 0.6 is 659 Å². The van der Waals surface area contributed by atoms with Crippen molar-refractivity contribution in [2.75, 3.05) is 0 Å². The van der Waals surface area contributed by atoms with Gasteiger partial charge in [-0.2, -0.15) is 0 Å². The molecule has 0 unspecified atom stereocenters. The fourth-order valence-electron chi connectivity index (χ4n) is 0.687. The maximum absolute atomic E-state index is 6.67. The zero-order valence-corrected chi connectivity index (χ0v) is 125. The molecule has 2 radical (unpaired) electrons. The summed E-state index contributed by atoms with van der Waals surface area (Å²) in [4.78, 5) is 0. The fraction of sp³-hybridized carbons (Fsp3) is 0. The van der Waals surface area contributed by atoms with Gasteiger partial charge in [0.25, 0.3) is 0 Å². The Morgan fingerprint density at radius 1 is 0.160 bits per heavy atom. The van der Waals surface area contributed by atoms with Gasteiger partial charge in [-0.25, -0.2) is 0 Å². The van der Waals surface area contributed by atoms with Crippen molar-refractivity contribution in [1.29, 1.82) is 0 Å². The van der Waals surface area contributed by atoms with E-state index in [1.807, 2.05) is 0 Å². The van der Waals surface area contributed by atoms with Crippen LogP contribution in [0.3, 0.4) is 0 Å². The Kier molecular flexibility index (Phi) is 88.0. The van der Waals surface area contributed by atoms with E-state index in [0.717, 1.165) is 0 Å². The topological polar surface area (TPSA) is 0 Å². The molecule has 0 atom stereocenters. The quantitative estimate of drug-likeness (QED) is 0.0707. The van der Waals surface area contributed by atoms with E-state index < -0.39 is 193 Å². The molecule has 0 rings (SSSR count). The molecular formula is BI49. The third-order valence-corrected chi connectivity index (χ3v) is 3740. The number of rotatable bonds is 23. The van der Waals surface area contributed by atoms with Gasteiger partial charge in [-0.15, -0.1) is 0 Å². The Hall–Kier alpha value is 35.8. The molecule has 0 aliphatic carbocycles. The van der Waals surface area contributed by atoms with Crippen LogP contribution in [0.25, 0.3) is 0 Å². The molecule has 0 aliphatic heterocycles. The summed E-state index contributed by atoms with van der Waals surface area (Å²) in [6, 6.07) is 0. The van der Waals surface area contributed by atoms with Crippen molar-refractivity contribution in [2.45, 2.75) is 0 Å².